The minimum absolute atomic E-state index is 0.842. The fourth-order valence-electron chi connectivity index (χ4n) is 8.04. The van der Waals surface area contributed by atoms with Crippen molar-refractivity contribution < 1.29 is 8.83 Å². The Morgan fingerprint density at radius 2 is 0.849 bits per heavy atom. The number of hydrogen-bond acceptors (Lipinski definition) is 3. The van der Waals surface area contributed by atoms with Crippen LogP contribution in [0.1, 0.15) is 0 Å². The molecule has 0 saturated carbocycles. The minimum atomic E-state index is 0.842. The van der Waals surface area contributed by atoms with Crippen molar-refractivity contribution in [3.63, 3.8) is 0 Å². The summed E-state index contributed by atoms with van der Waals surface area (Å²) in [7, 11) is 0. The minimum Gasteiger partial charge on any atom is -0.456 e. The summed E-state index contributed by atoms with van der Waals surface area (Å²) in [6.45, 7) is 0. The van der Waals surface area contributed by atoms with E-state index in [4.69, 9.17) is 8.83 Å². The van der Waals surface area contributed by atoms with Crippen molar-refractivity contribution in [3.05, 3.63) is 188 Å². The zero-order valence-electron chi connectivity index (χ0n) is 28.7. The molecule has 0 saturated heterocycles. The first-order valence-electron chi connectivity index (χ1n) is 18.0. The van der Waals surface area contributed by atoms with Gasteiger partial charge in [0.05, 0.1) is 0 Å². The Kier molecular flexibility index (Phi) is 6.55. The first-order chi connectivity index (χ1) is 26.2. The van der Waals surface area contributed by atoms with E-state index in [0.717, 1.165) is 61.3 Å². The molecule has 3 nitrogen and oxygen atoms in total. The molecule has 0 N–H and O–H groups in total. The molecule has 2 aromatic heterocycles. The quantitative estimate of drug-likeness (QED) is 0.164. The molecule has 11 rings (SSSR count). The van der Waals surface area contributed by atoms with Gasteiger partial charge in [-0.25, -0.2) is 0 Å². The van der Waals surface area contributed by atoms with Crippen molar-refractivity contribution in [2.75, 3.05) is 4.90 Å². The van der Waals surface area contributed by atoms with Crippen LogP contribution in [0, 0.1) is 0 Å². The van der Waals surface area contributed by atoms with Crippen LogP contribution in [-0.4, -0.2) is 0 Å². The standard InChI is InChI=1S/C50H31NO2/c1-3-8-32(9-4-1)34-16-22-39(23-17-34)51(40-24-18-35(19-25-40)33-10-5-2-6-11-33)41-26-29-44-43-28-21-38(30-46(43)52-47(44)31-41)42-27-20-37-15-14-36-12-7-13-45-48(36)49(37)50(42)53-45/h1-31H. The number of benzene rings is 9. The van der Waals surface area contributed by atoms with Gasteiger partial charge in [0.15, 0.2) is 0 Å². The predicted molar refractivity (Wildman–Crippen MR) is 221 cm³/mol. The van der Waals surface area contributed by atoms with Crippen LogP contribution in [-0.2, 0) is 0 Å². The molecule has 0 bridgehead atoms. The number of anilines is 3. The number of nitrogens with zero attached hydrogens (tertiary/aromatic N) is 1. The molecule has 0 atom stereocenters. The Morgan fingerprint density at radius 3 is 1.51 bits per heavy atom. The van der Waals surface area contributed by atoms with E-state index in [1.165, 1.54) is 43.8 Å². The maximum absolute atomic E-state index is 6.69. The summed E-state index contributed by atoms with van der Waals surface area (Å²) in [6.07, 6.45) is 0. The number of furan rings is 2. The summed E-state index contributed by atoms with van der Waals surface area (Å²) in [4.78, 5) is 2.30. The van der Waals surface area contributed by atoms with Gasteiger partial charge in [-0.15, -0.1) is 0 Å². The lowest BCUT2D eigenvalue weighted by atomic mass is 9.96. The van der Waals surface area contributed by atoms with Gasteiger partial charge in [0.1, 0.15) is 22.3 Å². The second-order valence-electron chi connectivity index (χ2n) is 13.7. The van der Waals surface area contributed by atoms with Crippen LogP contribution in [0.2, 0.25) is 0 Å². The Hall–Kier alpha value is -7.10. The van der Waals surface area contributed by atoms with Crippen LogP contribution in [0.15, 0.2) is 197 Å². The fourth-order valence-corrected chi connectivity index (χ4v) is 8.04. The Bertz CT molecular complexity index is 3000. The summed E-state index contributed by atoms with van der Waals surface area (Å²) in [5.41, 5.74) is 13.6. The zero-order chi connectivity index (χ0) is 34.9. The lowest BCUT2D eigenvalue weighted by molar-refractivity contribution is 0.668. The van der Waals surface area contributed by atoms with Crippen molar-refractivity contribution in [1.29, 1.82) is 0 Å². The molecule has 0 aliphatic heterocycles. The molecule has 0 radical (unpaired) electrons. The van der Waals surface area contributed by atoms with Crippen molar-refractivity contribution >= 4 is 71.7 Å². The maximum Gasteiger partial charge on any atom is 0.143 e. The molecule has 0 spiro atoms. The van der Waals surface area contributed by atoms with E-state index in [0.29, 0.717) is 0 Å². The summed E-state index contributed by atoms with van der Waals surface area (Å²) in [5, 5.41) is 6.93. The van der Waals surface area contributed by atoms with Crippen LogP contribution < -0.4 is 4.90 Å². The first-order valence-corrected chi connectivity index (χ1v) is 18.0. The summed E-state index contributed by atoms with van der Waals surface area (Å²) in [6, 6.07) is 66.7. The normalized spacial score (nSPS) is 11.8. The molecular formula is C50H31NO2. The highest BCUT2D eigenvalue weighted by Crippen LogP contribution is 2.44. The van der Waals surface area contributed by atoms with E-state index >= 15 is 0 Å². The molecule has 0 unspecified atom stereocenters. The van der Waals surface area contributed by atoms with Crippen molar-refractivity contribution in [2.24, 2.45) is 0 Å². The second-order valence-corrected chi connectivity index (χ2v) is 13.7. The predicted octanol–water partition coefficient (Wildman–Crippen LogP) is 14.5. The van der Waals surface area contributed by atoms with Crippen LogP contribution in [0.4, 0.5) is 17.1 Å². The summed E-state index contributed by atoms with van der Waals surface area (Å²) in [5.74, 6) is 0. The summed E-state index contributed by atoms with van der Waals surface area (Å²) < 4.78 is 13.2. The Labute approximate surface area is 305 Å². The van der Waals surface area contributed by atoms with Crippen molar-refractivity contribution in [2.45, 2.75) is 0 Å². The fraction of sp³-hybridized carbons (Fsp3) is 0. The van der Waals surface area contributed by atoms with Gasteiger partial charge in [0.2, 0.25) is 0 Å². The number of rotatable bonds is 6. The van der Waals surface area contributed by atoms with Crippen LogP contribution in [0.5, 0.6) is 0 Å². The van der Waals surface area contributed by atoms with Gasteiger partial charge in [-0.05, 0) is 99.3 Å². The van der Waals surface area contributed by atoms with Gasteiger partial charge in [0.25, 0.3) is 0 Å². The molecule has 0 amide bonds. The van der Waals surface area contributed by atoms with Crippen LogP contribution >= 0.6 is 0 Å². The lowest BCUT2D eigenvalue weighted by Crippen LogP contribution is -2.09. The molecule has 0 fully saturated rings. The van der Waals surface area contributed by atoms with E-state index in [1.54, 1.807) is 0 Å². The smallest absolute Gasteiger partial charge is 0.143 e. The average molecular weight is 678 g/mol. The topological polar surface area (TPSA) is 29.5 Å². The number of fused-ring (bicyclic) bond motifs is 3. The molecule has 248 valence electrons. The third-order valence-corrected chi connectivity index (χ3v) is 10.6. The van der Waals surface area contributed by atoms with Crippen molar-refractivity contribution in [1.82, 2.24) is 0 Å². The Balaban J connectivity index is 1.02. The van der Waals surface area contributed by atoms with Gasteiger partial charge in [-0.1, -0.05) is 121 Å². The van der Waals surface area contributed by atoms with E-state index < -0.39 is 0 Å². The van der Waals surface area contributed by atoms with Crippen molar-refractivity contribution in [3.8, 4) is 33.4 Å². The molecule has 0 aliphatic carbocycles. The summed E-state index contributed by atoms with van der Waals surface area (Å²) >= 11 is 0. The molecule has 53 heavy (non-hydrogen) atoms. The van der Waals surface area contributed by atoms with E-state index in [9.17, 15) is 0 Å². The molecule has 11 aromatic rings. The highest BCUT2D eigenvalue weighted by atomic mass is 16.3. The Morgan fingerprint density at radius 1 is 0.321 bits per heavy atom. The van der Waals surface area contributed by atoms with E-state index in [2.05, 4.69) is 193 Å². The van der Waals surface area contributed by atoms with Gasteiger partial charge in [0, 0.05) is 50.2 Å². The largest absolute Gasteiger partial charge is 0.456 e. The van der Waals surface area contributed by atoms with Gasteiger partial charge < -0.3 is 13.7 Å². The van der Waals surface area contributed by atoms with Gasteiger partial charge >= 0.3 is 0 Å². The molecular weight excluding hydrogens is 647 g/mol. The maximum atomic E-state index is 6.69. The van der Waals surface area contributed by atoms with E-state index in [-0.39, 0.29) is 0 Å². The van der Waals surface area contributed by atoms with Gasteiger partial charge in [-0.3, -0.25) is 0 Å². The van der Waals surface area contributed by atoms with Crippen LogP contribution in [0.25, 0.3) is 88.0 Å². The molecule has 2 heterocycles. The monoisotopic (exact) mass is 677 g/mol. The molecule has 0 aliphatic rings. The van der Waals surface area contributed by atoms with Gasteiger partial charge in [-0.2, -0.15) is 0 Å². The highest BCUT2D eigenvalue weighted by molar-refractivity contribution is 6.24. The third-order valence-electron chi connectivity index (χ3n) is 10.6. The number of hydrogen-bond donors (Lipinski definition) is 0. The SMILES string of the molecule is c1ccc(-c2ccc(N(c3ccc(-c4ccccc4)cc3)c3ccc4c(c3)oc3cc(-c5ccc6ccc7cccc8oc5c6c78)ccc34)cc2)cc1. The average Bonchev–Trinajstić information content (AvgIpc) is 3.80. The third kappa shape index (κ3) is 4.82. The van der Waals surface area contributed by atoms with E-state index in [1.807, 2.05) is 0 Å². The lowest BCUT2D eigenvalue weighted by Gasteiger charge is -2.26. The molecule has 3 heteroatoms. The second kappa shape index (κ2) is 11.7. The highest BCUT2D eigenvalue weighted by Gasteiger charge is 2.19. The molecule has 9 aromatic carbocycles. The van der Waals surface area contributed by atoms with Crippen LogP contribution in [0.3, 0.4) is 0 Å². The zero-order valence-corrected chi connectivity index (χ0v) is 28.7. The first kappa shape index (κ1) is 29.6.